The molecule has 0 aliphatic carbocycles. The summed E-state index contributed by atoms with van der Waals surface area (Å²) in [5.74, 6) is -1.58. The van der Waals surface area contributed by atoms with Gasteiger partial charge in [-0.05, 0) is 32.9 Å². The van der Waals surface area contributed by atoms with Gasteiger partial charge in [-0.1, -0.05) is 0 Å². The highest BCUT2D eigenvalue weighted by Gasteiger charge is 2.38. The minimum Gasteiger partial charge on any atom is -0.485 e. The number of likely N-dealkylation sites (tertiary alicyclic amines) is 1. The molecule has 0 saturated carbocycles. The number of hydrogen-bond acceptors (Lipinski definition) is 4. The lowest BCUT2D eigenvalue weighted by molar-refractivity contribution is 0.0165. The SMILES string of the molecule is CC(C)(C)OC(=O)N1C[C@H](Oc2ccc(F)cc2F)C[C@H]1CO. The summed E-state index contributed by atoms with van der Waals surface area (Å²) in [6, 6.07) is 2.58. The number of halogens is 2. The maximum Gasteiger partial charge on any atom is 0.410 e. The van der Waals surface area contributed by atoms with Crippen molar-refractivity contribution in [1.82, 2.24) is 4.90 Å². The van der Waals surface area contributed by atoms with Crippen LogP contribution in [0.15, 0.2) is 18.2 Å². The van der Waals surface area contributed by atoms with Crippen molar-refractivity contribution in [2.24, 2.45) is 0 Å². The van der Waals surface area contributed by atoms with Crippen LogP contribution in [0.2, 0.25) is 0 Å². The maximum atomic E-state index is 13.6. The molecule has 0 spiro atoms. The quantitative estimate of drug-likeness (QED) is 0.926. The van der Waals surface area contributed by atoms with Gasteiger partial charge in [-0.2, -0.15) is 0 Å². The van der Waals surface area contributed by atoms with E-state index in [0.717, 1.165) is 12.1 Å². The van der Waals surface area contributed by atoms with E-state index in [1.54, 1.807) is 20.8 Å². The standard InChI is InChI=1S/C16H21F2NO4/c1-16(2,3)23-15(21)19-8-12(7-11(19)9-20)22-14-5-4-10(17)6-13(14)18/h4-6,11-12,20H,7-9H2,1-3H3/t11-,12+/m0/s1. The number of benzene rings is 1. The van der Waals surface area contributed by atoms with Crippen molar-refractivity contribution in [3.05, 3.63) is 29.8 Å². The highest BCUT2D eigenvalue weighted by Crippen LogP contribution is 2.26. The van der Waals surface area contributed by atoms with E-state index in [0.29, 0.717) is 6.42 Å². The first-order valence-corrected chi connectivity index (χ1v) is 7.42. The molecule has 0 bridgehead atoms. The summed E-state index contributed by atoms with van der Waals surface area (Å²) in [4.78, 5) is 13.5. The van der Waals surface area contributed by atoms with Crippen molar-refractivity contribution >= 4 is 6.09 Å². The van der Waals surface area contributed by atoms with Gasteiger partial charge < -0.3 is 14.6 Å². The molecule has 0 radical (unpaired) electrons. The highest BCUT2D eigenvalue weighted by molar-refractivity contribution is 5.69. The molecule has 1 aliphatic rings. The van der Waals surface area contributed by atoms with Crippen LogP contribution in [0.4, 0.5) is 13.6 Å². The van der Waals surface area contributed by atoms with Crippen LogP contribution in [0.25, 0.3) is 0 Å². The van der Waals surface area contributed by atoms with Crippen LogP contribution in [-0.2, 0) is 4.74 Å². The Kier molecular flexibility index (Phi) is 5.09. The summed E-state index contributed by atoms with van der Waals surface area (Å²) in [5, 5.41) is 9.43. The molecule has 1 saturated heterocycles. The Balaban J connectivity index is 2.05. The first-order chi connectivity index (χ1) is 10.7. The van der Waals surface area contributed by atoms with Crippen molar-refractivity contribution in [3.63, 3.8) is 0 Å². The summed E-state index contributed by atoms with van der Waals surface area (Å²) >= 11 is 0. The minimum atomic E-state index is -0.804. The van der Waals surface area contributed by atoms with E-state index in [1.165, 1.54) is 11.0 Å². The molecule has 7 heteroatoms. The van der Waals surface area contributed by atoms with Crippen LogP contribution in [0.1, 0.15) is 27.2 Å². The van der Waals surface area contributed by atoms with E-state index in [-0.39, 0.29) is 18.9 Å². The van der Waals surface area contributed by atoms with E-state index in [9.17, 15) is 18.7 Å². The van der Waals surface area contributed by atoms with E-state index < -0.39 is 35.5 Å². The van der Waals surface area contributed by atoms with Gasteiger partial charge in [0.25, 0.3) is 0 Å². The van der Waals surface area contributed by atoms with Gasteiger partial charge in [0.1, 0.15) is 17.5 Å². The third-order valence-electron chi connectivity index (χ3n) is 3.40. The first-order valence-electron chi connectivity index (χ1n) is 7.42. The van der Waals surface area contributed by atoms with Gasteiger partial charge in [-0.25, -0.2) is 13.6 Å². The summed E-state index contributed by atoms with van der Waals surface area (Å²) < 4.78 is 37.3. The van der Waals surface area contributed by atoms with E-state index in [1.807, 2.05) is 0 Å². The van der Waals surface area contributed by atoms with Gasteiger partial charge in [-0.3, -0.25) is 4.90 Å². The molecule has 1 heterocycles. The number of aliphatic hydroxyl groups is 1. The highest BCUT2D eigenvalue weighted by atomic mass is 19.1. The number of amides is 1. The molecular formula is C16H21F2NO4. The summed E-state index contributed by atoms with van der Waals surface area (Å²) in [5.41, 5.74) is -0.654. The molecular weight excluding hydrogens is 308 g/mol. The molecule has 1 N–H and O–H groups in total. The predicted octanol–water partition coefficient (Wildman–Crippen LogP) is 2.71. The second kappa shape index (κ2) is 6.70. The zero-order valence-corrected chi connectivity index (χ0v) is 13.4. The molecule has 2 rings (SSSR count). The topological polar surface area (TPSA) is 59.0 Å². The molecule has 23 heavy (non-hydrogen) atoms. The predicted molar refractivity (Wildman–Crippen MR) is 79.2 cm³/mol. The lowest BCUT2D eigenvalue weighted by Crippen LogP contribution is -2.41. The number of aliphatic hydroxyl groups excluding tert-OH is 1. The average Bonchev–Trinajstić information content (AvgIpc) is 2.83. The monoisotopic (exact) mass is 329 g/mol. The molecule has 0 unspecified atom stereocenters. The lowest BCUT2D eigenvalue weighted by Gasteiger charge is -2.27. The van der Waals surface area contributed by atoms with Crippen molar-refractivity contribution in [2.75, 3.05) is 13.2 Å². The Labute approximate surface area is 133 Å². The summed E-state index contributed by atoms with van der Waals surface area (Å²) in [6.45, 7) is 5.16. The van der Waals surface area contributed by atoms with Crippen LogP contribution in [0.3, 0.4) is 0 Å². The Morgan fingerprint density at radius 3 is 2.65 bits per heavy atom. The fourth-order valence-corrected chi connectivity index (χ4v) is 2.43. The fourth-order valence-electron chi connectivity index (χ4n) is 2.43. The van der Waals surface area contributed by atoms with E-state index in [4.69, 9.17) is 9.47 Å². The number of rotatable bonds is 3. The van der Waals surface area contributed by atoms with Gasteiger partial charge in [-0.15, -0.1) is 0 Å². The third-order valence-corrected chi connectivity index (χ3v) is 3.40. The van der Waals surface area contributed by atoms with Gasteiger partial charge in [0.05, 0.1) is 19.2 Å². The van der Waals surface area contributed by atoms with E-state index >= 15 is 0 Å². The zero-order chi connectivity index (χ0) is 17.2. The Morgan fingerprint density at radius 2 is 2.09 bits per heavy atom. The summed E-state index contributed by atoms with van der Waals surface area (Å²) in [6.07, 6.45) is -0.714. The van der Waals surface area contributed by atoms with Gasteiger partial charge in [0.15, 0.2) is 11.6 Å². The van der Waals surface area contributed by atoms with Gasteiger partial charge in [0.2, 0.25) is 0 Å². The van der Waals surface area contributed by atoms with Crippen LogP contribution < -0.4 is 4.74 Å². The molecule has 5 nitrogen and oxygen atoms in total. The number of ether oxygens (including phenoxy) is 2. The molecule has 1 aliphatic heterocycles. The fraction of sp³-hybridized carbons (Fsp3) is 0.562. The normalized spacial score (nSPS) is 21.4. The maximum absolute atomic E-state index is 13.6. The van der Waals surface area contributed by atoms with Crippen LogP contribution in [0.5, 0.6) is 5.75 Å². The lowest BCUT2D eigenvalue weighted by atomic mass is 10.2. The average molecular weight is 329 g/mol. The second-order valence-corrected chi connectivity index (χ2v) is 6.52. The molecule has 1 fully saturated rings. The van der Waals surface area contributed by atoms with Crippen LogP contribution in [-0.4, -0.2) is 47.0 Å². The van der Waals surface area contributed by atoms with Crippen molar-refractivity contribution in [1.29, 1.82) is 0 Å². The van der Waals surface area contributed by atoms with Crippen molar-refractivity contribution in [3.8, 4) is 5.75 Å². The smallest absolute Gasteiger partial charge is 0.410 e. The molecule has 128 valence electrons. The molecule has 1 aromatic carbocycles. The Hall–Kier alpha value is -1.89. The second-order valence-electron chi connectivity index (χ2n) is 6.52. The number of carbonyl (C=O) groups excluding carboxylic acids is 1. The Bertz CT molecular complexity index is 574. The van der Waals surface area contributed by atoms with E-state index in [2.05, 4.69) is 0 Å². The molecule has 1 amide bonds. The number of hydrogen-bond donors (Lipinski definition) is 1. The van der Waals surface area contributed by atoms with Crippen LogP contribution in [0, 0.1) is 11.6 Å². The number of nitrogens with zero attached hydrogens (tertiary/aromatic N) is 1. The van der Waals surface area contributed by atoms with Crippen molar-refractivity contribution in [2.45, 2.75) is 44.9 Å². The number of carbonyl (C=O) groups is 1. The Morgan fingerprint density at radius 1 is 1.39 bits per heavy atom. The molecule has 2 atom stereocenters. The summed E-state index contributed by atoms with van der Waals surface area (Å²) in [7, 11) is 0. The zero-order valence-electron chi connectivity index (χ0n) is 13.4. The molecule has 1 aromatic rings. The largest absolute Gasteiger partial charge is 0.485 e. The third kappa shape index (κ3) is 4.54. The van der Waals surface area contributed by atoms with Crippen LogP contribution >= 0.6 is 0 Å². The first kappa shape index (κ1) is 17.5. The molecule has 0 aromatic heterocycles. The van der Waals surface area contributed by atoms with Gasteiger partial charge in [0, 0.05) is 12.5 Å². The van der Waals surface area contributed by atoms with Gasteiger partial charge >= 0.3 is 6.09 Å². The minimum absolute atomic E-state index is 0.0841. The van der Waals surface area contributed by atoms with Crippen molar-refractivity contribution < 1.29 is 28.2 Å².